The first-order valence-corrected chi connectivity index (χ1v) is 8.30. The molecule has 1 aliphatic carbocycles. The SMILES string of the molecule is Cc1cccc(NC(=O)C2CCN(C(=O)C3CCC3)CC2)c1. The number of likely N-dealkylation sites (tertiary alicyclic amines) is 1. The zero-order chi connectivity index (χ0) is 15.5. The van der Waals surface area contributed by atoms with Gasteiger partial charge in [0.15, 0.2) is 0 Å². The Morgan fingerprint density at radius 2 is 1.82 bits per heavy atom. The van der Waals surface area contributed by atoms with Gasteiger partial charge in [0.1, 0.15) is 0 Å². The number of hydrogen-bond donors (Lipinski definition) is 1. The average molecular weight is 300 g/mol. The van der Waals surface area contributed by atoms with E-state index < -0.39 is 0 Å². The fraction of sp³-hybridized carbons (Fsp3) is 0.556. The second-order valence-corrected chi connectivity index (χ2v) is 6.59. The van der Waals surface area contributed by atoms with Crippen LogP contribution in [0.25, 0.3) is 0 Å². The molecule has 1 saturated heterocycles. The molecule has 2 amide bonds. The lowest BCUT2D eigenvalue weighted by Crippen LogP contribution is -2.45. The minimum absolute atomic E-state index is 0.0194. The van der Waals surface area contributed by atoms with Crippen LogP contribution in [-0.4, -0.2) is 29.8 Å². The number of amides is 2. The monoisotopic (exact) mass is 300 g/mol. The Hall–Kier alpha value is -1.84. The van der Waals surface area contributed by atoms with Gasteiger partial charge < -0.3 is 10.2 Å². The lowest BCUT2D eigenvalue weighted by atomic mass is 9.83. The Kier molecular flexibility index (Phi) is 4.46. The molecule has 1 aromatic rings. The molecule has 0 radical (unpaired) electrons. The van der Waals surface area contributed by atoms with E-state index in [1.165, 1.54) is 6.42 Å². The number of piperidine rings is 1. The quantitative estimate of drug-likeness (QED) is 0.933. The molecule has 4 heteroatoms. The molecule has 22 heavy (non-hydrogen) atoms. The molecule has 1 N–H and O–H groups in total. The van der Waals surface area contributed by atoms with E-state index in [0.29, 0.717) is 5.91 Å². The van der Waals surface area contributed by atoms with E-state index in [-0.39, 0.29) is 17.7 Å². The Bertz CT molecular complexity index is 558. The number of anilines is 1. The molecule has 0 aromatic heterocycles. The van der Waals surface area contributed by atoms with Crippen molar-refractivity contribution in [3.8, 4) is 0 Å². The Morgan fingerprint density at radius 1 is 1.09 bits per heavy atom. The van der Waals surface area contributed by atoms with E-state index in [1.807, 2.05) is 36.1 Å². The van der Waals surface area contributed by atoms with Gasteiger partial charge in [-0.05, 0) is 50.3 Å². The number of carbonyl (C=O) groups excluding carboxylic acids is 2. The largest absolute Gasteiger partial charge is 0.342 e. The highest BCUT2D eigenvalue weighted by Crippen LogP contribution is 2.30. The third kappa shape index (κ3) is 3.32. The van der Waals surface area contributed by atoms with Crippen molar-refractivity contribution in [3.05, 3.63) is 29.8 Å². The highest BCUT2D eigenvalue weighted by Gasteiger charge is 2.33. The Labute approximate surface area is 131 Å². The van der Waals surface area contributed by atoms with Crippen molar-refractivity contribution in [3.63, 3.8) is 0 Å². The third-order valence-corrected chi connectivity index (χ3v) is 4.92. The lowest BCUT2D eigenvalue weighted by Gasteiger charge is -2.36. The smallest absolute Gasteiger partial charge is 0.227 e. The van der Waals surface area contributed by atoms with Gasteiger partial charge in [-0.2, -0.15) is 0 Å². The van der Waals surface area contributed by atoms with Gasteiger partial charge in [0, 0.05) is 30.6 Å². The summed E-state index contributed by atoms with van der Waals surface area (Å²) in [4.78, 5) is 26.5. The molecule has 0 unspecified atom stereocenters. The summed E-state index contributed by atoms with van der Waals surface area (Å²) in [6.45, 7) is 3.46. The van der Waals surface area contributed by atoms with Gasteiger partial charge in [0.25, 0.3) is 0 Å². The van der Waals surface area contributed by atoms with Crippen molar-refractivity contribution >= 4 is 17.5 Å². The molecular formula is C18H24N2O2. The van der Waals surface area contributed by atoms with Gasteiger partial charge in [0.05, 0.1) is 0 Å². The zero-order valence-corrected chi connectivity index (χ0v) is 13.2. The maximum absolute atomic E-state index is 12.3. The molecule has 1 heterocycles. The molecule has 2 fully saturated rings. The first kappa shape index (κ1) is 15.1. The van der Waals surface area contributed by atoms with E-state index in [0.717, 1.165) is 50.0 Å². The number of nitrogens with zero attached hydrogens (tertiary/aromatic N) is 1. The molecular weight excluding hydrogens is 276 g/mol. The minimum atomic E-state index is 0.0194. The van der Waals surface area contributed by atoms with Crippen molar-refractivity contribution in [1.82, 2.24) is 4.90 Å². The maximum atomic E-state index is 12.3. The molecule has 1 aromatic carbocycles. The van der Waals surface area contributed by atoms with E-state index in [9.17, 15) is 9.59 Å². The van der Waals surface area contributed by atoms with E-state index >= 15 is 0 Å². The lowest BCUT2D eigenvalue weighted by molar-refractivity contribution is -0.140. The summed E-state index contributed by atoms with van der Waals surface area (Å²) in [6.07, 6.45) is 4.83. The first-order valence-electron chi connectivity index (χ1n) is 8.30. The summed E-state index contributed by atoms with van der Waals surface area (Å²) in [7, 11) is 0. The van der Waals surface area contributed by atoms with Gasteiger partial charge >= 0.3 is 0 Å². The van der Waals surface area contributed by atoms with Crippen LogP contribution in [0.4, 0.5) is 5.69 Å². The second kappa shape index (κ2) is 6.51. The fourth-order valence-electron chi connectivity index (χ4n) is 3.24. The zero-order valence-electron chi connectivity index (χ0n) is 13.2. The molecule has 3 rings (SSSR count). The van der Waals surface area contributed by atoms with Crippen molar-refractivity contribution < 1.29 is 9.59 Å². The van der Waals surface area contributed by atoms with Gasteiger partial charge in [0.2, 0.25) is 11.8 Å². The molecule has 0 bridgehead atoms. The standard InChI is InChI=1S/C18H24N2O2/c1-13-4-2-7-16(12-13)19-17(21)14-8-10-20(11-9-14)18(22)15-5-3-6-15/h2,4,7,12,14-15H,3,5-6,8-11H2,1H3,(H,19,21). The average Bonchev–Trinajstić information content (AvgIpc) is 2.45. The van der Waals surface area contributed by atoms with Crippen molar-refractivity contribution in [2.45, 2.75) is 39.0 Å². The molecule has 4 nitrogen and oxygen atoms in total. The van der Waals surface area contributed by atoms with E-state index in [1.54, 1.807) is 0 Å². The van der Waals surface area contributed by atoms with Crippen molar-refractivity contribution in [2.75, 3.05) is 18.4 Å². The fourth-order valence-corrected chi connectivity index (χ4v) is 3.24. The molecule has 1 aliphatic heterocycles. The number of nitrogens with one attached hydrogen (secondary N) is 1. The number of carbonyl (C=O) groups is 2. The maximum Gasteiger partial charge on any atom is 0.227 e. The van der Waals surface area contributed by atoms with Crippen molar-refractivity contribution in [1.29, 1.82) is 0 Å². The highest BCUT2D eigenvalue weighted by atomic mass is 16.2. The molecule has 2 aliphatic rings. The second-order valence-electron chi connectivity index (χ2n) is 6.59. The third-order valence-electron chi connectivity index (χ3n) is 4.92. The summed E-state index contributed by atoms with van der Waals surface area (Å²) >= 11 is 0. The number of hydrogen-bond acceptors (Lipinski definition) is 2. The van der Waals surface area contributed by atoms with Crippen molar-refractivity contribution in [2.24, 2.45) is 11.8 Å². The van der Waals surface area contributed by atoms with Crippen LogP contribution in [0.15, 0.2) is 24.3 Å². The summed E-state index contributed by atoms with van der Waals surface area (Å²) in [5.74, 6) is 0.675. The summed E-state index contributed by atoms with van der Waals surface area (Å²) in [5.41, 5.74) is 2.00. The summed E-state index contributed by atoms with van der Waals surface area (Å²) in [5, 5.41) is 3.00. The highest BCUT2D eigenvalue weighted by molar-refractivity contribution is 5.92. The van der Waals surface area contributed by atoms with Gasteiger partial charge in [-0.1, -0.05) is 18.6 Å². The summed E-state index contributed by atoms with van der Waals surface area (Å²) < 4.78 is 0. The molecule has 0 atom stereocenters. The summed E-state index contributed by atoms with van der Waals surface area (Å²) in [6, 6.07) is 7.86. The van der Waals surface area contributed by atoms with Gasteiger partial charge in [-0.3, -0.25) is 9.59 Å². The topological polar surface area (TPSA) is 49.4 Å². The van der Waals surface area contributed by atoms with Crippen LogP contribution in [0.3, 0.4) is 0 Å². The Balaban J connectivity index is 1.50. The normalized spacial score (nSPS) is 19.6. The minimum Gasteiger partial charge on any atom is -0.342 e. The molecule has 1 saturated carbocycles. The van der Waals surface area contributed by atoms with Crippen LogP contribution in [0, 0.1) is 18.8 Å². The molecule has 0 spiro atoms. The van der Waals surface area contributed by atoms with Gasteiger partial charge in [-0.25, -0.2) is 0 Å². The predicted octanol–water partition coefficient (Wildman–Crippen LogP) is 2.97. The van der Waals surface area contributed by atoms with Crippen LogP contribution in [-0.2, 0) is 9.59 Å². The predicted molar refractivity (Wildman–Crippen MR) is 86.5 cm³/mol. The Morgan fingerprint density at radius 3 is 2.41 bits per heavy atom. The van der Waals surface area contributed by atoms with Crippen LogP contribution in [0.2, 0.25) is 0 Å². The van der Waals surface area contributed by atoms with Gasteiger partial charge in [-0.15, -0.1) is 0 Å². The van der Waals surface area contributed by atoms with E-state index in [2.05, 4.69) is 5.32 Å². The van der Waals surface area contributed by atoms with Crippen LogP contribution < -0.4 is 5.32 Å². The van der Waals surface area contributed by atoms with Crippen LogP contribution in [0.5, 0.6) is 0 Å². The number of aryl methyl sites for hydroxylation is 1. The van der Waals surface area contributed by atoms with Crippen LogP contribution in [0.1, 0.15) is 37.7 Å². The number of rotatable bonds is 3. The molecule has 118 valence electrons. The first-order chi connectivity index (χ1) is 10.6. The van der Waals surface area contributed by atoms with Crippen LogP contribution >= 0.6 is 0 Å². The number of benzene rings is 1. The van der Waals surface area contributed by atoms with E-state index in [4.69, 9.17) is 0 Å².